The third kappa shape index (κ3) is 6.15. The Morgan fingerprint density at radius 2 is 1.74 bits per heavy atom. The van der Waals surface area contributed by atoms with E-state index in [1.165, 1.54) is 18.2 Å². The van der Waals surface area contributed by atoms with Crippen molar-refractivity contribution in [3.05, 3.63) is 95.0 Å². The topological polar surface area (TPSA) is 112 Å². The van der Waals surface area contributed by atoms with Crippen LogP contribution in [0, 0.1) is 18.3 Å². The Bertz CT molecular complexity index is 1220. The summed E-state index contributed by atoms with van der Waals surface area (Å²) in [7, 11) is -3.68. The number of nitrogens with one attached hydrogen (secondary N) is 2. The summed E-state index contributed by atoms with van der Waals surface area (Å²) >= 11 is 0. The maximum Gasteiger partial charge on any atom is 0.262 e. The monoisotopic (exact) mass is 435 g/mol. The molecule has 0 fully saturated rings. The van der Waals surface area contributed by atoms with E-state index in [1.54, 1.807) is 24.3 Å². The zero-order valence-electron chi connectivity index (χ0n) is 16.8. The van der Waals surface area contributed by atoms with E-state index in [0.29, 0.717) is 12.3 Å². The van der Waals surface area contributed by atoms with Gasteiger partial charge in [-0.3, -0.25) is 4.79 Å². The highest BCUT2D eigenvalue weighted by Gasteiger charge is 2.15. The van der Waals surface area contributed by atoms with Gasteiger partial charge in [-0.1, -0.05) is 48.0 Å². The molecule has 1 heterocycles. The molecule has 0 aliphatic heterocycles. The predicted octanol–water partition coefficient (Wildman–Crippen LogP) is 3.29. The van der Waals surface area contributed by atoms with Gasteiger partial charge >= 0.3 is 0 Å². The number of amides is 1. The molecule has 158 valence electrons. The third-order valence-electron chi connectivity index (χ3n) is 4.40. The number of hydrogen-bond acceptors (Lipinski definition) is 5. The lowest BCUT2D eigenvalue weighted by Crippen LogP contribution is -2.23. The van der Waals surface area contributed by atoms with E-state index in [9.17, 15) is 18.5 Å². The number of carbonyl (C=O) groups is 1. The second-order valence-electron chi connectivity index (χ2n) is 6.78. The highest BCUT2D eigenvalue weighted by atomic mass is 32.2. The zero-order chi connectivity index (χ0) is 22.3. The molecule has 0 aliphatic carbocycles. The van der Waals surface area contributed by atoms with Crippen LogP contribution >= 0.6 is 0 Å². The van der Waals surface area contributed by atoms with Crippen LogP contribution in [-0.4, -0.2) is 14.3 Å². The molecule has 0 atom stereocenters. The van der Waals surface area contributed by atoms with E-state index >= 15 is 0 Å². The third-order valence-corrected chi connectivity index (χ3v) is 5.81. The van der Waals surface area contributed by atoms with Crippen molar-refractivity contribution in [2.45, 2.75) is 24.9 Å². The SMILES string of the molecule is Cc1ccc(S(=O)(=O)NCc2ccc(C=C(C#N)C(=O)NCc3ccccc3)o2)cc1. The lowest BCUT2D eigenvalue weighted by atomic mass is 10.2. The maximum absolute atomic E-state index is 12.4. The Balaban J connectivity index is 1.62. The molecule has 7 nitrogen and oxygen atoms in total. The fraction of sp³-hybridized carbons (Fsp3) is 0.130. The van der Waals surface area contributed by atoms with E-state index < -0.39 is 15.9 Å². The van der Waals surface area contributed by atoms with E-state index in [4.69, 9.17) is 4.42 Å². The molecule has 1 amide bonds. The number of nitrogens with zero attached hydrogens (tertiary/aromatic N) is 1. The van der Waals surface area contributed by atoms with Crippen LogP contribution in [0.15, 0.2) is 81.6 Å². The molecule has 0 unspecified atom stereocenters. The first-order chi connectivity index (χ1) is 14.9. The van der Waals surface area contributed by atoms with Crippen molar-refractivity contribution < 1.29 is 17.6 Å². The molecule has 0 bridgehead atoms. The number of hydrogen-bond donors (Lipinski definition) is 2. The molecule has 2 aromatic carbocycles. The summed E-state index contributed by atoms with van der Waals surface area (Å²) in [5.74, 6) is 0.101. The first-order valence-electron chi connectivity index (χ1n) is 9.46. The standard InChI is InChI=1S/C23H21N3O4S/c1-17-7-11-22(12-8-17)31(28,29)26-16-21-10-9-20(30-21)13-19(14-24)23(27)25-15-18-5-3-2-4-6-18/h2-13,26H,15-16H2,1H3,(H,25,27). The van der Waals surface area contributed by atoms with Gasteiger partial charge in [-0.15, -0.1) is 0 Å². The number of sulfonamides is 1. The maximum atomic E-state index is 12.4. The summed E-state index contributed by atoms with van der Waals surface area (Å²) in [6, 6.07) is 20.8. The minimum Gasteiger partial charge on any atom is -0.460 e. The second kappa shape index (κ2) is 9.89. The van der Waals surface area contributed by atoms with Crippen molar-refractivity contribution in [1.29, 1.82) is 5.26 Å². The van der Waals surface area contributed by atoms with Gasteiger partial charge in [-0.2, -0.15) is 5.26 Å². The lowest BCUT2D eigenvalue weighted by Gasteiger charge is -2.05. The van der Waals surface area contributed by atoms with Crippen molar-refractivity contribution in [1.82, 2.24) is 10.0 Å². The molecule has 1 aromatic heterocycles. The van der Waals surface area contributed by atoms with Gasteiger partial charge in [0.05, 0.1) is 11.4 Å². The molecule has 0 aliphatic rings. The summed E-state index contributed by atoms with van der Waals surface area (Å²) in [6.45, 7) is 2.11. The molecule has 3 rings (SSSR count). The van der Waals surface area contributed by atoms with Gasteiger partial charge in [0.25, 0.3) is 5.91 Å². The first-order valence-corrected chi connectivity index (χ1v) is 10.9. The first kappa shape index (κ1) is 22.0. The number of aryl methyl sites for hydroxylation is 1. The fourth-order valence-electron chi connectivity index (χ4n) is 2.70. The molecule has 31 heavy (non-hydrogen) atoms. The highest BCUT2D eigenvalue weighted by molar-refractivity contribution is 7.89. The zero-order valence-corrected chi connectivity index (χ0v) is 17.6. The van der Waals surface area contributed by atoms with Crippen LogP contribution in [0.3, 0.4) is 0 Å². The van der Waals surface area contributed by atoms with Crippen LogP contribution in [0.2, 0.25) is 0 Å². The van der Waals surface area contributed by atoms with E-state index in [1.807, 2.05) is 43.3 Å². The normalized spacial score (nSPS) is 11.7. The molecular formula is C23H21N3O4S. The van der Waals surface area contributed by atoms with Crippen LogP contribution in [-0.2, 0) is 27.9 Å². The van der Waals surface area contributed by atoms with E-state index in [2.05, 4.69) is 10.0 Å². The number of furan rings is 1. The van der Waals surface area contributed by atoms with Gasteiger partial charge in [0, 0.05) is 12.6 Å². The minimum absolute atomic E-state index is 0.0634. The summed E-state index contributed by atoms with van der Waals surface area (Å²) in [5.41, 5.74) is 1.76. The van der Waals surface area contributed by atoms with Crippen LogP contribution < -0.4 is 10.0 Å². The molecule has 8 heteroatoms. The molecule has 0 radical (unpaired) electrons. The second-order valence-corrected chi connectivity index (χ2v) is 8.55. The largest absolute Gasteiger partial charge is 0.460 e. The Morgan fingerprint density at radius 3 is 2.42 bits per heavy atom. The van der Waals surface area contributed by atoms with E-state index in [0.717, 1.165) is 11.1 Å². The average molecular weight is 436 g/mol. The van der Waals surface area contributed by atoms with Gasteiger partial charge in [0.1, 0.15) is 23.2 Å². The lowest BCUT2D eigenvalue weighted by molar-refractivity contribution is -0.117. The molecule has 2 N–H and O–H groups in total. The van der Waals surface area contributed by atoms with Crippen LogP contribution in [0.1, 0.15) is 22.6 Å². The number of rotatable bonds is 8. The average Bonchev–Trinajstić information content (AvgIpc) is 3.23. The smallest absolute Gasteiger partial charge is 0.262 e. The van der Waals surface area contributed by atoms with Crippen LogP contribution in [0.5, 0.6) is 0 Å². The summed E-state index contributed by atoms with van der Waals surface area (Å²) in [6.07, 6.45) is 1.32. The summed E-state index contributed by atoms with van der Waals surface area (Å²) in [5, 5.41) is 12.0. The molecule has 0 saturated heterocycles. The number of nitriles is 1. The fourth-order valence-corrected chi connectivity index (χ4v) is 3.69. The molecule has 0 saturated carbocycles. The van der Waals surface area contributed by atoms with Crippen molar-refractivity contribution in [3.63, 3.8) is 0 Å². The predicted molar refractivity (Wildman–Crippen MR) is 116 cm³/mol. The summed E-state index contributed by atoms with van der Waals surface area (Å²) < 4.78 is 32.7. The highest BCUT2D eigenvalue weighted by Crippen LogP contribution is 2.15. The quantitative estimate of drug-likeness (QED) is 0.416. The van der Waals surface area contributed by atoms with Gasteiger partial charge < -0.3 is 9.73 Å². The van der Waals surface area contributed by atoms with Crippen molar-refractivity contribution >= 4 is 22.0 Å². The number of carbonyl (C=O) groups excluding carboxylic acids is 1. The van der Waals surface area contributed by atoms with Crippen LogP contribution in [0.25, 0.3) is 6.08 Å². The molecular weight excluding hydrogens is 414 g/mol. The molecule has 3 aromatic rings. The van der Waals surface area contributed by atoms with Gasteiger partial charge in [0.15, 0.2) is 0 Å². The van der Waals surface area contributed by atoms with Gasteiger partial charge in [-0.25, -0.2) is 13.1 Å². The van der Waals surface area contributed by atoms with Crippen molar-refractivity contribution in [2.24, 2.45) is 0 Å². The summed E-state index contributed by atoms with van der Waals surface area (Å²) in [4.78, 5) is 12.4. The molecule has 0 spiro atoms. The van der Waals surface area contributed by atoms with Gasteiger partial charge in [-0.05, 0) is 36.8 Å². The Morgan fingerprint density at radius 1 is 1.03 bits per heavy atom. The number of benzene rings is 2. The van der Waals surface area contributed by atoms with Crippen molar-refractivity contribution in [2.75, 3.05) is 0 Å². The van der Waals surface area contributed by atoms with E-state index in [-0.39, 0.29) is 22.8 Å². The van der Waals surface area contributed by atoms with Crippen LogP contribution in [0.4, 0.5) is 0 Å². The Labute approximate surface area is 181 Å². The Hall–Kier alpha value is -3.67. The van der Waals surface area contributed by atoms with Crippen molar-refractivity contribution in [3.8, 4) is 6.07 Å². The minimum atomic E-state index is -3.68. The Kier molecular flexibility index (Phi) is 7.03. The van der Waals surface area contributed by atoms with Gasteiger partial charge in [0.2, 0.25) is 10.0 Å².